The smallest absolute Gasteiger partial charge is 0.242 e. The lowest BCUT2D eigenvalue weighted by Gasteiger charge is -2.21. The average molecular weight is 457 g/mol. The molecule has 0 spiro atoms. The van der Waals surface area contributed by atoms with Gasteiger partial charge in [-0.2, -0.15) is 23.5 Å². The van der Waals surface area contributed by atoms with Gasteiger partial charge >= 0.3 is 0 Å². The van der Waals surface area contributed by atoms with Crippen molar-refractivity contribution in [2.24, 2.45) is 11.8 Å². The monoisotopic (exact) mass is 456 g/mol. The highest BCUT2D eigenvalue weighted by Gasteiger charge is 2.39. The first-order chi connectivity index (χ1) is 14.1. The second-order valence-electron chi connectivity index (χ2n) is 7.63. The highest BCUT2D eigenvalue weighted by Crippen LogP contribution is 2.25. The van der Waals surface area contributed by atoms with Gasteiger partial charge in [-0.3, -0.25) is 38.6 Å². The molecule has 3 unspecified atom stereocenters. The number of hydrogen-bond donors (Lipinski definition) is 0. The number of imide groups is 2. The minimum atomic E-state index is -0.578. The van der Waals surface area contributed by atoms with Crippen molar-refractivity contribution in [2.45, 2.75) is 50.0 Å². The lowest BCUT2D eigenvalue weighted by molar-refractivity contribution is -0.141. The summed E-state index contributed by atoms with van der Waals surface area (Å²) in [6.45, 7) is 3.37. The van der Waals surface area contributed by atoms with Crippen LogP contribution >= 0.6 is 23.5 Å². The van der Waals surface area contributed by atoms with Gasteiger partial charge in [-0.25, -0.2) is 0 Å². The molecule has 4 atom stereocenters. The average Bonchev–Trinajstić information content (AvgIpc) is 3.16. The summed E-state index contributed by atoms with van der Waals surface area (Å²) in [5.74, 6) is -2.61. The molecule has 2 rings (SSSR count). The van der Waals surface area contributed by atoms with E-state index in [-0.39, 0.29) is 84.5 Å². The van der Waals surface area contributed by atoms with Crippen LogP contribution in [0.4, 0.5) is 0 Å². The molecule has 2 aliphatic heterocycles. The van der Waals surface area contributed by atoms with E-state index in [1.807, 2.05) is 0 Å². The molecule has 2 fully saturated rings. The van der Waals surface area contributed by atoms with Gasteiger partial charge in [-0.15, -0.1) is 0 Å². The van der Waals surface area contributed by atoms with Crippen LogP contribution in [0.5, 0.6) is 0 Å². The van der Waals surface area contributed by atoms with Crippen molar-refractivity contribution in [1.82, 2.24) is 9.80 Å². The minimum Gasteiger partial charge on any atom is -0.299 e. The highest BCUT2D eigenvalue weighted by atomic mass is 32.2. The predicted octanol–water partition coefficient (Wildman–Crippen LogP) is 1.16. The molecule has 8 nitrogen and oxygen atoms in total. The Morgan fingerprint density at radius 1 is 0.800 bits per heavy atom. The molecule has 2 heterocycles. The zero-order valence-corrected chi connectivity index (χ0v) is 19.3. The fourth-order valence-corrected chi connectivity index (χ4v) is 4.88. The van der Waals surface area contributed by atoms with Gasteiger partial charge in [0.25, 0.3) is 0 Å². The topological polar surface area (TPSA) is 109 Å². The normalized spacial score (nSPS) is 24.0. The predicted molar refractivity (Wildman–Crippen MR) is 115 cm³/mol. The summed E-state index contributed by atoms with van der Waals surface area (Å²) in [5, 5.41) is -0.764. The Labute approximate surface area is 184 Å². The van der Waals surface area contributed by atoms with Crippen LogP contribution in [0.2, 0.25) is 0 Å². The van der Waals surface area contributed by atoms with Gasteiger partial charge in [-0.05, 0) is 12.5 Å². The van der Waals surface area contributed by atoms with Gasteiger partial charge in [0.2, 0.25) is 23.6 Å². The fourth-order valence-electron chi connectivity index (χ4n) is 3.60. The Balaban J connectivity index is 1.83. The van der Waals surface area contributed by atoms with Gasteiger partial charge in [0.15, 0.2) is 0 Å². The molecule has 0 radical (unpaired) electrons. The van der Waals surface area contributed by atoms with Crippen molar-refractivity contribution >= 4 is 58.7 Å². The van der Waals surface area contributed by atoms with Crippen LogP contribution in [0.3, 0.4) is 0 Å². The third-order valence-electron chi connectivity index (χ3n) is 5.90. The molecule has 2 aliphatic rings. The molecule has 0 N–H and O–H groups in total. The fraction of sp³-hybridized carbons (Fsp3) is 0.700. The molecule has 0 aromatic heterocycles. The van der Waals surface area contributed by atoms with Gasteiger partial charge in [0, 0.05) is 50.6 Å². The summed E-state index contributed by atoms with van der Waals surface area (Å²) in [5.41, 5.74) is 0. The minimum absolute atomic E-state index is 0.00979. The highest BCUT2D eigenvalue weighted by molar-refractivity contribution is 8.00. The van der Waals surface area contributed by atoms with E-state index in [0.717, 1.165) is 9.80 Å². The summed E-state index contributed by atoms with van der Waals surface area (Å²) in [4.78, 5) is 75.5. The molecule has 0 aromatic rings. The van der Waals surface area contributed by atoms with Gasteiger partial charge in [0.1, 0.15) is 11.6 Å². The number of thioether (sulfide) groups is 2. The lowest BCUT2D eigenvalue weighted by Crippen LogP contribution is -2.36. The number of carbonyl (C=O) groups excluding carboxylic acids is 6. The Bertz CT molecular complexity index is 694. The van der Waals surface area contributed by atoms with Crippen LogP contribution < -0.4 is 0 Å². The van der Waals surface area contributed by atoms with Crippen molar-refractivity contribution in [1.29, 1.82) is 0 Å². The van der Waals surface area contributed by atoms with E-state index in [4.69, 9.17) is 0 Å². The summed E-state index contributed by atoms with van der Waals surface area (Å²) in [7, 11) is 0. The Kier molecular flexibility index (Phi) is 8.66. The molecule has 30 heavy (non-hydrogen) atoms. The standard InChI is InChI=1S/C20H28N2O6S2/c1-11(13(23)5-7-21-17(25)9-15(29-3)19(21)27)12(2)14(24)6-8-22-18(26)10-16(30-4)20(22)28/h11-12,15-16H,5-10H2,1-4H3/t11-,12?,15?,16?/m0/s1. The molecule has 0 aliphatic carbocycles. The van der Waals surface area contributed by atoms with Crippen molar-refractivity contribution in [2.75, 3.05) is 25.6 Å². The molecule has 166 valence electrons. The van der Waals surface area contributed by atoms with Crippen molar-refractivity contribution in [3.63, 3.8) is 0 Å². The number of amides is 4. The maximum atomic E-state index is 12.5. The van der Waals surface area contributed by atoms with Crippen LogP contribution in [0, 0.1) is 11.8 Å². The molecule has 0 saturated carbocycles. The number of Topliss-reactive ketones (excluding diaryl/α,β-unsaturated/α-hetero) is 2. The number of rotatable bonds is 11. The van der Waals surface area contributed by atoms with Crippen LogP contribution in [-0.4, -0.2) is 81.1 Å². The Morgan fingerprint density at radius 2 is 1.13 bits per heavy atom. The maximum Gasteiger partial charge on any atom is 0.242 e. The number of ketones is 2. The largest absolute Gasteiger partial charge is 0.299 e. The van der Waals surface area contributed by atoms with E-state index in [1.165, 1.54) is 23.5 Å². The molecule has 0 bridgehead atoms. The summed E-state index contributed by atoms with van der Waals surface area (Å²) in [6, 6.07) is 0. The van der Waals surface area contributed by atoms with Crippen molar-refractivity contribution in [3.05, 3.63) is 0 Å². The Hall–Kier alpha value is -1.68. The van der Waals surface area contributed by atoms with Gasteiger partial charge in [-0.1, -0.05) is 13.8 Å². The van der Waals surface area contributed by atoms with Gasteiger partial charge in [0.05, 0.1) is 10.5 Å². The number of nitrogens with zero attached hydrogens (tertiary/aromatic N) is 2. The van der Waals surface area contributed by atoms with Crippen LogP contribution in [0.1, 0.15) is 39.5 Å². The van der Waals surface area contributed by atoms with Crippen LogP contribution in [0.25, 0.3) is 0 Å². The summed E-state index contributed by atoms with van der Waals surface area (Å²) in [6.07, 6.45) is 3.87. The second-order valence-corrected chi connectivity index (χ2v) is 9.72. The lowest BCUT2D eigenvalue weighted by atomic mass is 9.86. The van der Waals surface area contributed by atoms with E-state index in [9.17, 15) is 28.8 Å². The third-order valence-corrected chi connectivity index (χ3v) is 7.78. The first-order valence-electron chi connectivity index (χ1n) is 9.91. The van der Waals surface area contributed by atoms with E-state index in [2.05, 4.69) is 0 Å². The van der Waals surface area contributed by atoms with E-state index in [0.29, 0.717) is 0 Å². The maximum absolute atomic E-state index is 12.5. The first-order valence-corrected chi connectivity index (χ1v) is 12.5. The number of carbonyl (C=O) groups is 6. The van der Waals surface area contributed by atoms with E-state index in [1.54, 1.807) is 26.4 Å². The number of hydrogen-bond acceptors (Lipinski definition) is 8. The zero-order valence-electron chi connectivity index (χ0n) is 17.7. The molecule has 0 aromatic carbocycles. The molecule has 2 saturated heterocycles. The third kappa shape index (κ3) is 5.32. The van der Waals surface area contributed by atoms with Gasteiger partial charge < -0.3 is 0 Å². The molecule has 10 heteroatoms. The molecule has 4 amide bonds. The van der Waals surface area contributed by atoms with Crippen molar-refractivity contribution < 1.29 is 28.8 Å². The first kappa shape index (κ1) is 24.6. The van der Waals surface area contributed by atoms with Crippen LogP contribution in [-0.2, 0) is 28.8 Å². The van der Waals surface area contributed by atoms with Crippen molar-refractivity contribution in [3.8, 4) is 0 Å². The van der Waals surface area contributed by atoms with E-state index >= 15 is 0 Å². The molecular formula is C20H28N2O6S2. The van der Waals surface area contributed by atoms with E-state index < -0.39 is 11.8 Å². The Morgan fingerprint density at radius 3 is 1.40 bits per heavy atom. The molecular weight excluding hydrogens is 428 g/mol. The summed E-state index contributed by atoms with van der Waals surface area (Å²) < 4.78 is 0. The second kappa shape index (κ2) is 10.6. The van der Waals surface area contributed by atoms with Crippen LogP contribution in [0.15, 0.2) is 0 Å². The quantitative estimate of drug-likeness (QED) is 0.426. The zero-order chi connectivity index (χ0) is 22.6. The SMILES string of the molecule is CSC1CC(=O)N(CCC(=O)C(C)[C@H](C)C(=O)CCN2C(=O)CC(SC)C2=O)C1=O. The number of likely N-dealkylation sites (tertiary alicyclic amines) is 2. The summed E-state index contributed by atoms with van der Waals surface area (Å²) >= 11 is 2.64.